The zero-order valence-electron chi connectivity index (χ0n) is 19.9. The van der Waals surface area contributed by atoms with Crippen LogP contribution in [-0.2, 0) is 27.2 Å². The fourth-order valence-electron chi connectivity index (χ4n) is 3.46. The predicted octanol–water partition coefficient (Wildman–Crippen LogP) is 6.61. The Kier molecular flexibility index (Phi) is 15.4. The van der Waals surface area contributed by atoms with Gasteiger partial charge in [-0.2, -0.15) is 0 Å². The van der Waals surface area contributed by atoms with E-state index in [0.717, 1.165) is 12.2 Å². The minimum absolute atomic E-state index is 0.553. The van der Waals surface area contributed by atoms with Gasteiger partial charge in [0.2, 0.25) is 0 Å². The van der Waals surface area contributed by atoms with Crippen LogP contribution in [0.1, 0.15) is 63.0 Å². The van der Waals surface area contributed by atoms with Crippen LogP contribution < -0.4 is 4.74 Å². The predicted molar refractivity (Wildman–Crippen MR) is 131 cm³/mol. The Morgan fingerprint density at radius 3 is 1.81 bits per heavy atom. The standard InChI is InChI=1S/C28H42O4/c1-2-3-4-5-6-7-9-12-26-15-17-28(18-16-26)32-24-23-30-20-19-29-21-22-31-25-27-13-10-8-11-14-27/h8,10-11,13-18H,2-7,9,12,19-25H2,1H3. The lowest BCUT2D eigenvalue weighted by Crippen LogP contribution is -2.12. The number of unbranched alkanes of at least 4 members (excludes halogenated alkanes) is 6. The Hall–Kier alpha value is -1.88. The van der Waals surface area contributed by atoms with Gasteiger partial charge in [-0.1, -0.05) is 87.9 Å². The molecule has 0 heterocycles. The maximum atomic E-state index is 5.76. The van der Waals surface area contributed by atoms with E-state index in [9.17, 15) is 0 Å². The Bertz CT molecular complexity index is 657. The molecule has 2 aromatic carbocycles. The van der Waals surface area contributed by atoms with Gasteiger partial charge in [-0.25, -0.2) is 0 Å². The number of aryl methyl sites for hydroxylation is 1. The summed E-state index contributed by atoms with van der Waals surface area (Å²) in [5.41, 5.74) is 2.57. The molecule has 0 saturated heterocycles. The quantitative estimate of drug-likeness (QED) is 0.216. The molecule has 0 spiro atoms. The summed E-state index contributed by atoms with van der Waals surface area (Å²) in [5, 5.41) is 0. The Morgan fingerprint density at radius 1 is 0.531 bits per heavy atom. The monoisotopic (exact) mass is 442 g/mol. The number of ether oxygens (including phenoxy) is 4. The third-order valence-corrected chi connectivity index (χ3v) is 5.34. The van der Waals surface area contributed by atoms with Gasteiger partial charge in [0.15, 0.2) is 0 Å². The third kappa shape index (κ3) is 13.5. The summed E-state index contributed by atoms with van der Waals surface area (Å²) in [6, 6.07) is 18.6. The molecule has 0 aliphatic heterocycles. The van der Waals surface area contributed by atoms with Crippen molar-refractivity contribution in [2.75, 3.05) is 39.6 Å². The summed E-state index contributed by atoms with van der Waals surface area (Å²) in [4.78, 5) is 0. The van der Waals surface area contributed by atoms with E-state index in [-0.39, 0.29) is 0 Å². The fraction of sp³-hybridized carbons (Fsp3) is 0.571. The highest BCUT2D eigenvalue weighted by Gasteiger charge is 1.98. The Balaban J connectivity index is 1.37. The summed E-state index contributed by atoms with van der Waals surface area (Å²) in [5.74, 6) is 0.906. The lowest BCUT2D eigenvalue weighted by atomic mass is 10.0. The van der Waals surface area contributed by atoms with Crippen molar-refractivity contribution < 1.29 is 18.9 Å². The maximum absolute atomic E-state index is 5.76. The number of rotatable bonds is 20. The van der Waals surface area contributed by atoms with E-state index >= 15 is 0 Å². The van der Waals surface area contributed by atoms with Gasteiger partial charge in [0, 0.05) is 0 Å². The lowest BCUT2D eigenvalue weighted by molar-refractivity contribution is 0.00597. The molecule has 4 nitrogen and oxygen atoms in total. The Morgan fingerprint density at radius 2 is 1.12 bits per heavy atom. The van der Waals surface area contributed by atoms with Gasteiger partial charge in [-0.15, -0.1) is 0 Å². The number of hydrogen-bond donors (Lipinski definition) is 0. The van der Waals surface area contributed by atoms with Crippen molar-refractivity contribution in [1.29, 1.82) is 0 Å². The average Bonchev–Trinajstić information content (AvgIpc) is 2.83. The molecule has 0 aromatic heterocycles. The molecule has 0 atom stereocenters. The second-order valence-corrected chi connectivity index (χ2v) is 8.13. The number of hydrogen-bond acceptors (Lipinski definition) is 4. The molecular formula is C28H42O4. The number of benzene rings is 2. The largest absolute Gasteiger partial charge is 0.491 e. The van der Waals surface area contributed by atoms with Gasteiger partial charge >= 0.3 is 0 Å². The Labute approximate surface area is 195 Å². The van der Waals surface area contributed by atoms with E-state index in [1.807, 2.05) is 18.2 Å². The van der Waals surface area contributed by atoms with Crippen LogP contribution >= 0.6 is 0 Å². The summed E-state index contributed by atoms with van der Waals surface area (Å²) >= 11 is 0. The molecule has 0 bridgehead atoms. The van der Waals surface area contributed by atoms with Crippen molar-refractivity contribution in [2.24, 2.45) is 0 Å². The normalized spacial score (nSPS) is 11.0. The highest BCUT2D eigenvalue weighted by molar-refractivity contribution is 5.27. The molecular weight excluding hydrogens is 400 g/mol. The molecule has 32 heavy (non-hydrogen) atoms. The second-order valence-electron chi connectivity index (χ2n) is 8.13. The first kappa shape index (κ1) is 26.4. The van der Waals surface area contributed by atoms with E-state index in [2.05, 4.69) is 43.3 Å². The van der Waals surface area contributed by atoms with E-state index in [1.165, 1.54) is 56.1 Å². The first-order valence-corrected chi connectivity index (χ1v) is 12.4. The molecule has 0 amide bonds. The molecule has 0 N–H and O–H groups in total. The summed E-state index contributed by atoms with van der Waals surface area (Å²) < 4.78 is 22.4. The molecule has 178 valence electrons. The first-order valence-electron chi connectivity index (χ1n) is 12.4. The van der Waals surface area contributed by atoms with Crippen LogP contribution in [0.5, 0.6) is 5.75 Å². The molecule has 0 aliphatic carbocycles. The highest BCUT2D eigenvalue weighted by Crippen LogP contribution is 2.15. The van der Waals surface area contributed by atoms with Crippen LogP contribution in [-0.4, -0.2) is 39.6 Å². The maximum Gasteiger partial charge on any atom is 0.119 e. The van der Waals surface area contributed by atoms with E-state index in [0.29, 0.717) is 46.2 Å². The van der Waals surface area contributed by atoms with Crippen molar-refractivity contribution in [3.63, 3.8) is 0 Å². The van der Waals surface area contributed by atoms with Gasteiger partial charge in [0.05, 0.1) is 39.6 Å². The van der Waals surface area contributed by atoms with E-state index in [1.54, 1.807) is 0 Å². The summed E-state index contributed by atoms with van der Waals surface area (Å²) in [6.45, 7) is 6.32. The van der Waals surface area contributed by atoms with Crippen LogP contribution in [0.15, 0.2) is 54.6 Å². The minimum atomic E-state index is 0.553. The van der Waals surface area contributed by atoms with Crippen molar-refractivity contribution in [3.8, 4) is 5.75 Å². The van der Waals surface area contributed by atoms with Crippen LogP contribution in [0.2, 0.25) is 0 Å². The van der Waals surface area contributed by atoms with Gasteiger partial charge in [0.1, 0.15) is 12.4 Å². The van der Waals surface area contributed by atoms with Crippen molar-refractivity contribution >= 4 is 0 Å². The molecule has 0 aliphatic rings. The van der Waals surface area contributed by atoms with E-state index in [4.69, 9.17) is 18.9 Å². The van der Waals surface area contributed by atoms with Crippen molar-refractivity contribution in [1.82, 2.24) is 0 Å². The van der Waals surface area contributed by atoms with Crippen LogP contribution in [0.3, 0.4) is 0 Å². The zero-order chi connectivity index (χ0) is 22.5. The lowest BCUT2D eigenvalue weighted by Gasteiger charge is -2.09. The fourth-order valence-corrected chi connectivity index (χ4v) is 3.46. The van der Waals surface area contributed by atoms with E-state index < -0.39 is 0 Å². The van der Waals surface area contributed by atoms with Crippen molar-refractivity contribution in [3.05, 3.63) is 65.7 Å². The van der Waals surface area contributed by atoms with Crippen molar-refractivity contribution in [2.45, 2.75) is 64.9 Å². The molecule has 0 fully saturated rings. The average molecular weight is 443 g/mol. The van der Waals surface area contributed by atoms with Gasteiger partial charge in [-0.05, 0) is 36.1 Å². The SMILES string of the molecule is CCCCCCCCCc1ccc(OCCOCCOCCOCc2ccccc2)cc1. The third-order valence-electron chi connectivity index (χ3n) is 5.34. The molecule has 2 rings (SSSR count). The summed E-state index contributed by atoms with van der Waals surface area (Å²) in [6.07, 6.45) is 10.6. The molecule has 0 radical (unpaired) electrons. The zero-order valence-corrected chi connectivity index (χ0v) is 19.9. The topological polar surface area (TPSA) is 36.9 Å². The van der Waals surface area contributed by atoms with Gasteiger partial charge < -0.3 is 18.9 Å². The first-order chi connectivity index (χ1) is 15.9. The smallest absolute Gasteiger partial charge is 0.119 e. The van der Waals surface area contributed by atoms with Crippen LogP contribution in [0.25, 0.3) is 0 Å². The van der Waals surface area contributed by atoms with Gasteiger partial charge in [0.25, 0.3) is 0 Å². The molecule has 0 unspecified atom stereocenters. The van der Waals surface area contributed by atoms with Crippen LogP contribution in [0.4, 0.5) is 0 Å². The summed E-state index contributed by atoms with van der Waals surface area (Å²) in [7, 11) is 0. The highest BCUT2D eigenvalue weighted by atomic mass is 16.6. The molecule has 4 heteroatoms. The molecule has 0 saturated carbocycles. The van der Waals surface area contributed by atoms with Crippen LogP contribution in [0, 0.1) is 0 Å². The minimum Gasteiger partial charge on any atom is -0.491 e. The van der Waals surface area contributed by atoms with Gasteiger partial charge in [-0.3, -0.25) is 0 Å². The second kappa shape index (κ2) is 18.7. The molecule has 2 aromatic rings.